The molecule has 0 saturated heterocycles. The molecule has 142 valence electrons. The fourth-order valence-corrected chi connectivity index (χ4v) is 3.76. The van der Waals surface area contributed by atoms with Crippen molar-refractivity contribution in [3.63, 3.8) is 0 Å². The van der Waals surface area contributed by atoms with E-state index in [9.17, 15) is 12.8 Å². The predicted octanol–water partition coefficient (Wildman–Crippen LogP) is 4.18. The summed E-state index contributed by atoms with van der Waals surface area (Å²) >= 11 is 0. The highest BCUT2D eigenvalue weighted by Crippen LogP contribution is 2.30. The molecule has 0 spiro atoms. The fraction of sp³-hybridized carbons (Fsp3) is 0.238. The van der Waals surface area contributed by atoms with Gasteiger partial charge in [0, 0.05) is 24.7 Å². The molecule has 0 bridgehead atoms. The molecule has 2 aromatic carbocycles. The number of halogens is 1. The van der Waals surface area contributed by atoms with Crippen LogP contribution in [0.25, 0.3) is 16.9 Å². The molecule has 1 heterocycles. The van der Waals surface area contributed by atoms with Gasteiger partial charge in [0.15, 0.2) is 9.84 Å². The van der Waals surface area contributed by atoms with Gasteiger partial charge in [-0.1, -0.05) is 12.1 Å². The van der Waals surface area contributed by atoms with E-state index >= 15 is 0 Å². The van der Waals surface area contributed by atoms with E-state index in [1.165, 1.54) is 18.4 Å². The van der Waals surface area contributed by atoms with E-state index in [4.69, 9.17) is 4.74 Å². The molecular weight excluding hydrogens is 365 g/mol. The monoisotopic (exact) mass is 387 g/mol. The van der Waals surface area contributed by atoms with Crippen molar-refractivity contribution < 1.29 is 17.5 Å². The van der Waals surface area contributed by atoms with Crippen molar-refractivity contribution >= 4 is 9.84 Å². The molecule has 0 aliphatic heterocycles. The molecule has 0 fully saturated rings. The van der Waals surface area contributed by atoms with Crippen LogP contribution in [0.5, 0.6) is 0 Å². The second kappa shape index (κ2) is 7.66. The number of nitrogens with zero attached hydrogens (tertiary/aromatic N) is 1. The first kappa shape index (κ1) is 19.3. The van der Waals surface area contributed by atoms with E-state index in [1.807, 2.05) is 6.92 Å². The summed E-state index contributed by atoms with van der Waals surface area (Å²) in [5.41, 5.74) is 4.83. The Morgan fingerprint density at radius 1 is 1.04 bits per heavy atom. The van der Waals surface area contributed by atoms with Crippen molar-refractivity contribution in [2.45, 2.75) is 18.2 Å². The molecule has 0 N–H and O–H groups in total. The second-order valence-corrected chi connectivity index (χ2v) is 8.51. The summed E-state index contributed by atoms with van der Waals surface area (Å²) in [6.07, 6.45) is 1.95. The highest BCUT2D eigenvalue weighted by molar-refractivity contribution is 7.90. The zero-order chi connectivity index (χ0) is 19.6. The van der Waals surface area contributed by atoms with Crippen molar-refractivity contribution in [2.24, 2.45) is 0 Å². The van der Waals surface area contributed by atoms with E-state index in [-0.39, 0.29) is 10.7 Å². The van der Waals surface area contributed by atoms with Gasteiger partial charge in [-0.25, -0.2) is 12.8 Å². The third-order valence-corrected chi connectivity index (χ3v) is 5.72. The largest absolute Gasteiger partial charge is 0.384 e. The number of hydrogen-bond donors (Lipinski definition) is 0. The minimum absolute atomic E-state index is 0.280. The number of ether oxygens (including phenoxy) is 1. The maximum absolute atomic E-state index is 13.4. The van der Waals surface area contributed by atoms with Gasteiger partial charge in [0.05, 0.1) is 17.2 Å². The Morgan fingerprint density at radius 2 is 1.67 bits per heavy atom. The van der Waals surface area contributed by atoms with Gasteiger partial charge in [-0.05, 0) is 66.9 Å². The van der Waals surface area contributed by atoms with E-state index in [1.54, 1.807) is 43.5 Å². The van der Waals surface area contributed by atoms with Crippen molar-refractivity contribution in [3.8, 4) is 16.9 Å². The van der Waals surface area contributed by atoms with E-state index in [0.29, 0.717) is 6.61 Å². The molecule has 4 nitrogen and oxygen atoms in total. The van der Waals surface area contributed by atoms with Crippen molar-refractivity contribution in [2.75, 3.05) is 20.0 Å². The standard InChI is InChI=1S/C21H22FNO3S/c1-15-17(12-13-26-2)14-21(23(15)19-8-6-18(22)7-9-19)16-4-10-20(11-5-16)27(3,24)25/h4-11,14H,12-13H2,1-3H3. The summed E-state index contributed by atoms with van der Waals surface area (Å²) in [5.74, 6) is -0.290. The van der Waals surface area contributed by atoms with Crippen LogP contribution >= 0.6 is 0 Å². The highest BCUT2D eigenvalue weighted by Gasteiger charge is 2.16. The molecule has 0 atom stereocenters. The first-order valence-corrected chi connectivity index (χ1v) is 10.5. The third kappa shape index (κ3) is 4.12. The molecule has 1 aromatic heterocycles. The van der Waals surface area contributed by atoms with Crippen LogP contribution in [0.1, 0.15) is 11.3 Å². The molecule has 3 aromatic rings. The highest BCUT2D eigenvalue weighted by atomic mass is 32.2. The van der Waals surface area contributed by atoms with Crippen LogP contribution in [-0.4, -0.2) is 33.0 Å². The quantitative estimate of drug-likeness (QED) is 0.637. The van der Waals surface area contributed by atoms with Crippen LogP contribution in [0.3, 0.4) is 0 Å². The Hall–Kier alpha value is -2.44. The lowest BCUT2D eigenvalue weighted by Crippen LogP contribution is -2.02. The number of benzene rings is 2. The zero-order valence-corrected chi connectivity index (χ0v) is 16.4. The van der Waals surface area contributed by atoms with Crippen molar-refractivity contribution in [3.05, 3.63) is 71.7 Å². The Balaban J connectivity index is 2.14. The lowest BCUT2D eigenvalue weighted by atomic mass is 10.1. The maximum atomic E-state index is 13.4. The van der Waals surface area contributed by atoms with E-state index in [0.717, 1.165) is 34.6 Å². The molecule has 0 unspecified atom stereocenters. The Bertz CT molecular complexity index is 1040. The Kier molecular flexibility index (Phi) is 5.48. The average Bonchev–Trinajstić information content (AvgIpc) is 2.96. The minimum atomic E-state index is -3.25. The average molecular weight is 387 g/mol. The van der Waals surface area contributed by atoms with Gasteiger partial charge < -0.3 is 9.30 Å². The summed E-state index contributed by atoms with van der Waals surface area (Å²) < 4.78 is 44.1. The summed E-state index contributed by atoms with van der Waals surface area (Å²) in [7, 11) is -1.58. The Morgan fingerprint density at radius 3 is 2.22 bits per heavy atom. The molecule has 0 aliphatic carbocycles. The van der Waals surface area contributed by atoms with Crippen molar-refractivity contribution in [1.29, 1.82) is 0 Å². The van der Waals surface area contributed by atoms with Gasteiger partial charge in [0.25, 0.3) is 0 Å². The molecule has 0 amide bonds. The topological polar surface area (TPSA) is 48.3 Å². The van der Waals surface area contributed by atoms with Gasteiger partial charge in [0.2, 0.25) is 0 Å². The summed E-state index contributed by atoms with van der Waals surface area (Å²) in [6.45, 7) is 2.61. The second-order valence-electron chi connectivity index (χ2n) is 6.49. The summed E-state index contributed by atoms with van der Waals surface area (Å²) in [6, 6.07) is 15.2. The van der Waals surface area contributed by atoms with Crippen LogP contribution in [0.2, 0.25) is 0 Å². The lowest BCUT2D eigenvalue weighted by molar-refractivity contribution is 0.202. The van der Waals surface area contributed by atoms with Crippen LogP contribution in [0.15, 0.2) is 59.5 Å². The lowest BCUT2D eigenvalue weighted by Gasteiger charge is -2.13. The molecule has 0 radical (unpaired) electrons. The van der Waals surface area contributed by atoms with Gasteiger partial charge in [0.1, 0.15) is 5.82 Å². The first-order valence-electron chi connectivity index (χ1n) is 8.58. The maximum Gasteiger partial charge on any atom is 0.175 e. The molecule has 6 heteroatoms. The molecular formula is C21H22FNO3S. The van der Waals surface area contributed by atoms with E-state index < -0.39 is 9.84 Å². The summed E-state index contributed by atoms with van der Waals surface area (Å²) in [5, 5.41) is 0. The van der Waals surface area contributed by atoms with Crippen LogP contribution in [0.4, 0.5) is 4.39 Å². The van der Waals surface area contributed by atoms with Gasteiger partial charge in [-0.3, -0.25) is 0 Å². The minimum Gasteiger partial charge on any atom is -0.384 e. The SMILES string of the molecule is COCCc1cc(-c2ccc(S(C)(=O)=O)cc2)n(-c2ccc(F)cc2)c1C. The molecule has 3 rings (SSSR count). The molecule has 0 saturated carbocycles. The number of hydrogen-bond acceptors (Lipinski definition) is 3. The number of aromatic nitrogens is 1. The van der Waals surface area contributed by atoms with Crippen LogP contribution in [-0.2, 0) is 21.0 Å². The molecule has 0 aliphatic rings. The van der Waals surface area contributed by atoms with Gasteiger partial charge in [-0.2, -0.15) is 0 Å². The van der Waals surface area contributed by atoms with Crippen LogP contribution in [0, 0.1) is 12.7 Å². The summed E-state index contributed by atoms with van der Waals surface area (Å²) in [4.78, 5) is 0.280. The third-order valence-electron chi connectivity index (χ3n) is 4.59. The van der Waals surface area contributed by atoms with Crippen molar-refractivity contribution in [1.82, 2.24) is 4.57 Å². The molecule has 27 heavy (non-hydrogen) atoms. The number of rotatable bonds is 6. The van der Waals surface area contributed by atoms with Crippen LogP contribution < -0.4 is 0 Å². The Labute approximate surface area is 159 Å². The normalized spacial score (nSPS) is 11.7. The van der Waals surface area contributed by atoms with Gasteiger partial charge in [-0.15, -0.1) is 0 Å². The predicted molar refractivity (Wildman–Crippen MR) is 105 cm³/mol. The van der Waals surface area contributed by atoms with E-state index in [2.05, 4.69) is 10.6 Å². The fourth-order valence-electron chi connectivity index (χ4n) is 3.13. The zero-order valence-electron chi connectivity index (χ0n) is 15.6. The van der Waals surface area contributed by atoms with Gasteiger partial charge >= 0.3 is 0 Å². The number of methoxy groups -OCH3 is 1. The number of sulfone groups is 1. The smallest absolute Gasteiger partial charge is 0.175 e. The first-order chi connectivity index (χ1) is 12.8.